The van der Waals surface area contributed by atoms with E-state index in [1.807, 2.05) is 48.2 Å². The molecule has 0 spiro atoms. The second kappa shape index (κ2) is 7.80. The van der Waals surface area contributed by atoms with Crippen molar-refractivity contribution < 1.29 is 9.59 Å². The Balaban J connectivity index is 1.68. The van der Waals surface area contributed by atoms with E-state index in [1.54, 1.807) is 12.1 Å². The predicted octanol–water partition coefficient (Wildman–Crippen LogP) is 5.24. The fourth-order valence-electron chi connectivity index (χ4n) is 4.42. The third-order valence-corrected chi connectivity index (χ3v) is 6.10. The van der Waals surface area contributed by atoms with Crippen molar-refractivity contribution in [3.8, 4) is 0 Å². The number of benzene rings is 2. The Hall–Kier alpha value is -2.79. The van der Waals surface area contributed by atoms with Crippen molar-refractivity contribution in [2.75, 3.05) is 22.1 Å². The van der Waals surface area contributed by atoms with E-state index in [9.17, 15) is 9.59 Å². The number of rotatable bonds is 3. The Morgan fingerprint density at radius 3 is 2.63 bits per heavy atom. The minimum absolute atomic E-state index is 0.0891. The number of anilines is 3. The van der Waals surface area contributed by atoms with Gasteiger partial charge in [-0.15, -0.1) is 0 Å². The summed E-state index contributed by atoms with van der Waals surface area (Å²) < 4.78 is 0. The maximum Gasteiger partial charge on any atom is 0.243 e. The zero-order valence-corrected chi connectivity index (χ0v) is 18.2. The molecular weight excluding hydrogens is 398 g/mol. The molecule has 0 bridgehead atoms. The van der Waals surface area contributed by atoms with E-state index >= 15 is 0 Å². The second-order valence-electron chi connectivity index (χ2n) is 8.81. The molecule has 5 nitrogen and oxygen atoms in total. The molecule has 0 saturated carbocycles. The van der Waals surface area contributed by atoms with Crippen LogP contribution >= 0.6 is 11.6 Å². The lowest BCUT2D eigenvalue weighted by molar-refractivity contribution is -0.118. The molecule has 0 fully saturated rings. The number of carbonyl (C=O) groups is 2. The molecule has 0 unspecified atom stereocenters. The number of para-hydroxylation sites is 3. The fourth-order valence-corrected chi connectivity index (χ4v) is 4.60. The molecule has 1 aliphatic carbocycles. The Morgan fingerprint density at radius 1 is 1.17 bits per heavy atom. The van der Waals surface area contributed by atoms with Crippen molar-refractivity contribution in [1.82, 2.24) is 0 Å². The van der Waals surface area contributed by atoms with Crippen LogP contribution in [-0.2, 0) is 9.59 Å². The molecule has 2 N–H and O–H groups in total. The summed E-state index contributed by atoms with van der Waals surface area (Å²) in [5, 5.41) is 6.89. The molecule has 1 heterocycles. The van der Waals surface area contributed by atoms with Crippen LogP contribution in [0.15, 0.2) is 59.8 Å². The monoisotopic (exact) mass is 423 g/mol. The molecule has 30 heavy (non-hydrogen) atoms. The molecule has 156 valence electrons. The number of fused-ring (bicyclic) bond motifs is 1. The Bertz CT molecular complexity index is 1040. The van der Waals surface area contributed by atoms with Crippen LogP contribution < -0.4 is 15.5 Å². The average Bonchev–Trinajstić information content (AvgIpc) is 2.77. The van der Waals surface area contributed by atoms with E-state index in [4.69, 9.17) is 11.6 Å². The van der Waals surface area contributed by atoms with Gasteiger partial charge >= 0.3 is 0 Å². The molecule has 0 saturated heterocycles. The maximum absolute atomic E-state index is 13.1. The molecule has 2 aromatic carbocycles. The van der Waals surface area contributed by atoms with Crippen molar-refractivity contribution >= 4 is 40.4 Å². The van der Waals surface area contributed by atoms with E-state index in [-0.39, 0.29) is 29.7 Å². The van der Waals surface area contributed by atoms with Crippen LogP contribution in [0.25, 0.3) is 0 Å². The van der Waals surface area contributed by atoms with Gasteiger partial charge in [-0.05, 0) is 43.0 Å². The van der Waals surface area contributed by atoms with Gasteiger partial charge < -0.3 is 15.5 Å². The molecular formula is C24H26ClN3O2. The number of nitrogens with one attached hydrogen (secondary N) is 2. The van der Waals surface area contributed by atoms with Crippen LogP contribution in [0.2, 0.25) is 5.02 Å². The summed E-state index contributed by atoms with van der Waals surface area (Å²) in [4.78, 5) is 28.0. The molecule has 1 amide bonds. The van der Waals surface area contributed by atoms with Gasteiger partial charge in [-0.1, -0.05) is 49.7 Å². The topological polar surface area (TPSA) is 61.4 Å². The number of halogens is 1. The highest BCUT2D eigenvalue weighted by molar-refractivity contribution is 6.33. The number of ketones is 1. The van der Waals surface area contributed by atoms with Gasteiger partial charge in [-0.2, -0.15) is 0 Å². The van der Waals surface area contributed by atoms with E-state index in [2.05, 4.69) is 24.5 Å². The minimum Gasteiger partial charge on any atom is -0.357 e. The van der Waals surface area contributed by atoms with Gasteiger partial charge in [-0.3, -0.25) is 9.59 Å². The summed E-state index contributed by atoms with van der Waals surface area (Å²) in [6.45, 7) is 6.34. The SMILES string of the molecule is C[C@@H]1C2=C(CC(C)(C)CC2=O)Nc2ccccc2N1CC(=O)Nc1ccccc1Cl. The van der Waals surface area contributed by atoms with Crippen LogP contribution in [0.3, 0.4) is 0 Å². The second-order valence-corrected chi connectivity index (χ2v) is 9.21. The highest BCUT2D eigenvalue weighted by Gasteiger charge is 2.39. The Kier molecular flexibility index (Phi) is 5.33. The fraction of sp³-hybridized carbons (Fsp3) is 0.333. The largest absolute Gasteiger partial charge is 0.357 e. The normalized spacial score (nSPS) is 20.1. The van der Waals surface area contributed by atoms with Gasteiger partial charge in [-0.25, -0.2) is 0 Å². The van der Waals surface area contributed by atoms with Crippen molar-refractivity contribution in [3.05, 3.63) is 64.8 Å². The van der Waals surface area contributed by atoms with E-state index in [0.29, 0.717) is 17.1 Å². The van der Waals surface area contributed by atoms with Crippen molar-refractivity contribution in [2.45, 2.75) is 39.7 Å². The van der Waals surface area contributed by atoms with Crippen LogP contribution in [0, 0.1) is 5.41 Å². The van der Waals surface area contributed by atoms with Gasteiger partial charge in [0, 0.05) is 17.7 Å². The molecule has 6 heteroatoms. The summed E-state index contributed by atoms with van der Waals surface area (Å²) >= 11 is 6.19. The number of hydrogen-bond acceptors (Lipinski definition) is 4. The van der Waals surface area contributed by atoms with Gasteiger partial charge in [0.15, 0.2) is 5.78 Å². The lowest BCUT2D eigenvalue weighted by atomic mass is 9.74. The first kappa shape index (κ1) is 20.5. The maximum atomic E-state index is 13.1. The summed E-state index contributed by atoms with van der Waals surface area (Å²) in [6.07, 6.45) is 1.31. The molecule has 0 radical (unpaired) electrons. The molecule has 2 aliphatic rings. The smallest absolute Gasteiger partial charge is 0.243 e. The highest BCUT2D eigenvalue weighted by Crippen LogP contribution is 2.43. The molecule has 0 aromatic heterocycles. The van der Waals surface area contributed by atoms with E-state index in [1.165, 1.54) is 0 Å². The predicted molar refractivity (Wildman–Crippen MR) is 122 cm³/mol. The number of carbonyl (C=O) groups excluding carboxylic acids is 2. The summed E-state index contributed by atoms with van der Waals surface area (Å²) in [5.41, 5.74) is 4.04. The molecule has 1 aliphatic heterocycles. The van der Waals surface area contributed by atoms with Gasteiger partial charge in [0.25, 0.3) is 0 Å². The average molecular weight is 424 g/mol. The van der Waals surface area contributed by atoms with Crippen molar-refractivity contribution in [3.63, 3.8) is 0 Å². The number of hydrogen-bond donors (Lipinski definition) is 2. The Morgan fingerprint density at radius 2 is 1.87 bits per heavy atom. The zero-order valence-electron chi connectivity index (χ0n) is 17.5. The van der Waals surface area contributed by atoms with E-state index in [0.717, 1.165) is 29.1 Å². The van der Waals surface area contributed by atoms with Crippen LogP contribution in [0.4, 0.5) is 17.1 Å². The molecule has 1 atom stereocenters. The summed E-state index contributed by atoms with van der Waals surface area (Å²) in [7, 11) is 0. The molecule has 4 rings (SSSR count). The van der Waals surface area contributed by atoms with Crippen molar-refractivity contribution in [2.24, 2.45) is 5.41 Å². The zero-order chi connectivity index (χ0) is 21.5. The minimum atomic E-state index is -0.225. The van der Waals surface area contributed by atoms with Crippen LogP contribution in [0.5, 0.6) is 0 Å². The number of nitrogens with zero attached hydrogens (tertiary/aromatic N) is 1. The lowest BCUT2D eigenvalue weighted by Crippen LogP contribution is -2.43. The number of allylic oxidation sites excluding steroid dienone is 1. The van der Waals surface area contributed by atoms with Crippen molar-refractivity contribution in [1.29, 1.82) is 0 Å². The summed E-state index contributed by atoms with van der Waals surface area (Å²) in [6, 6.07) is 14.8. The highest BCUT2D eigenvalue weighted by atomic mass is 35.5. The van der Waals surface area contributed by atoms with E-state index < -0.39 is 0 Å². The number of Topliss-reactive ketones (excluding diaryl/α,β-unsaturated/α-hetero) is 1. The van der Waals surface area contributed by atoms with Gasteiger partial charge in [0.2, 0.25) is 5.91 Å². The van der Waals surface area contributed by atoms with Crippen LogP contribution in [0.1, 0.15) is 33.6 Å². The first-order valence-corrected chi connectivity index (χ1v) is 10.6. The first-order chi connectivity index (χ1) is 14.2. The quantitative estimate of drug-likeness (QED) is 0.708. The van der Waals surface area contributed by atoms with Crippen LogP contribution in [-0.4, -0.2) is 24.3 Å². The standard InChI is InChI=1S/C24H26ClN3O2/c1-15-23-19(12-24(2,3)13-21(23)29)26-18-10-6-7-11-20(18)28(15)14-22(30)27-17-9-5-4-8-16(17)25/h4-11,15,26H,12-14H2,1-3H3,(H,27,30)/t15-/m1/s1. The third-order valence-electron chi connectivity index (χ3n) is 5.77. The number of amides is 1. The lowest BCUT2D eigenvalue weighted by Gasteiger charge is -2.36. The molecule has 2 aromatic rings. The Labute approximate surface area is 182 Å². The van der Waals surface area contributed by atoms with Gasteiger partial charge in [0.05, 0.1) is 34.7 Å². The first-order valence-electron chi connectivity index (χ1n) is 10.2. The van der Waals surface area contributed by atoms with Gasteiger partial charge in [0.1, 0.15) is 0 Å². The summed E-state index contributed by atoms with van der Waals surface area (Å²) in [5.74, 6) is -0.0389. The third kappa shape index (κ3) is 3.94.